The van der Waals surface area contributed by atoms with E-state index in [4.69, 9.17) is 27.9 Å². The van der Waals surface area contributed by atoms with E-state index in [-0.39, 0.29) is 27.2 Å². The van der Waals surface area contributed by atoms with E-state index in [9.17, 15) is 14.4 Å². The molecule has 0 unspecified atom stereocenters. The number of carbonyl (C=O) groups excluding carboxylic acids is 3. The fourth-order valence-corrected chi connectivity index (χ4v) is 2.73. The quantitative estimate of drug-likeness (QED) is 0.637. The third-order valence-electron chi connectivity index (χ3n) is 3.43. The van der Waals surface area contributed by atoms with Crippen molar-refractivity contribution in [3.63, 3.8) is 0 Å². The second kappa shape index (κ2) is 9.98. The number of ether oxygens (including phenoxy) is 2. The highest BCUT2D eigenvalue weighted by Crippen LogP contribution is 2.30. The molecule has 156 valence electrons. The Morgan fingerprint density at radius 1 is 1.11 bits per heavy atom. The monoisotopic (exact) mass is 432 g/mol. The number of anilines is 1. The summed E-state index contributed by atoms with van der Waals surface area (Å²) in [7, 11) is 1.22. The number of carbonyl (C=O) groups is 3. The average Bonchev–Trinajstić information content (AvgIpc) is 2.54. The molecular weight excluding hydrogens is 407 g/mol. The largest absolute Gasteiger partial charge is 0.465 e. The van der Waals surface area contributed by atoms with Gasteiger partial charge < -0.3 is 20.1 Å². The summed E-state index contributed by atoms with van der Waals surface area (Å²) in [6.45, 7) is 9.04. The normalized spacial score (nSPS) is 12.3. The molecule has 9 heteroatoms. The zero-order valence-electron chi connectivity index (χ0n) is 16.8. The van der Waals surface area contributed by atoms with Crippen LogP contribution in [0.15, 0.2) is 12.1 Å². The topological polar surface area (TPSA) is 93.7 Å². The van der Waals surface area contributed by atoms with Crippen molar-refractivity contribution >= 4 is 46.9 Å². The summed E-state index contributed by atoms with van der Waals surface area (Å²) in [6, 6.07) is 1.82. The molecule has 0 bridgehead atoms. The number of nitrogens with one attached hydrogen (secondary N) is 2. The van der Waals surface area contributed by atoms with Crippen molar-refractivity contribution in [2.45, 2.75) is 52.7 Å². The Kier molecular flexibility index (Phi) is 8.57. The second-order valence-corrected chi connectivity index (χ2v) is 8.44. The molecular formula is C19H26Cl2N2O5. The van der Waals surface area contributed by atoms with Crippen LogP contribution in [0.1, 0.15) is 51.4 Å². The highest BCUT2D eigenvalue weighted by molar-refractivity contribution is 6.37. The van der Waals surface area contributed by atoms with Crippen molar-refractivity contribution in [1.29, 1.82) is 0 Å². The fraction of sp³-hybridized carbons (Fsp3) is 0.526. The standard InChI is InChI=1S/C19H26Cl2N2O5/c1-10(2)7-15(23-18(26)28-19(3,4)5)16(24)22-14-9-12(20)11(8-13(14)21)17(25)27-6/h8-10,15H,7H2,1-6H3,(H,22,24)(H,23,26)/t15-/m0/s1. The van der Waals surface area contributed by atoms with Gasteiger partial charge in [0.2, 0.25) is 5.91 Å². The molecule has 7 nitrogen and oxygen atoms in total. The summed E-state index contributed by atoms with van der Waals surface area (Å²) in [4.78, 5) is 36.5. The zero-order valence-corrected chi connectivity index (χ0v) is 18.3. The lowest BCUT2D eigenvalue weighted by Crippen LogP contribution is -2.46. The number of benzene rings is 1. The van der Waals surface area contributed by atoms with Gasteiger partial charge in [0.05, 0.1) is 28.4 Å². The van der Waals surface area contributed by atoms with Crippen LogP contribution >= 0.6 is 23.2 Å². The smallest absolute Gasteiger partial charge is 0.408 e. The van der Waals surface area contributed by atoms with Crippen molar-refractivity contribution < 1.29 is 23.9 Å². The van der Waals surface area contributed by atoms with Crippen molar-refractivity contribution in [3.8, 4) is 0 Å². The number of rotatable bonds is 6. The van der Waals surface area contributed by atoms with Gasteiger partial charge in [0.15, 0.2) is 0 Å². The SMILES string of the molecule is COC(=O)c1cc(Cl)c(NC(=O)[C@H](CC(C)C)NC(=O)OC(C)(C)C)cc1Cl. The van der Waals surface area contributed by atoms with Crippen LogP contribution in [-0.2, 0) is 14.3 Å². The van der Waals surface area contributed by atoms with Gasteiger partial charge in [0.25, 0.3) is 0 Å². The van der Waals surface area contributed by atoms with Crippen LogP contribution < -0.4 is 10.6 Å². The first-order chi connectivity index (χ1) is 12.8. The Morgan fingerprint density at radius 3 is 2.21 bits per heavy atom. The molecule has 1 aromatic carbocycles. The van der Waals surface area contributed by atoms with Crippen LogP contribution in [0.5, 0.6) is 0 Å². The van der Waals surface area contributed by atoms with Gasteiger partial charge in [-0.05, 0) is 45.2 Å². The van der Waals surface area contributed by atoms with Gasteiger partial charge in [-0.3, -0.25) is 4.79 Å². The molecule has 0 saturated heterocycles. The highest BCUT2D eigenvalue weighted by atomic mass is 35.5. The Hall–Kier alpha value is -1.99. The predicted octanol–water partition coefficient (Wildman–Crippen LogP) is 4.66. The van der Waals surface area contributed by atoms with E-state index >= 15 is 0 Å². The summed E-state index contributed by atoms with van der Waals surface area (Å²) in [5.74, 6) is -0.996. The maximum Gasteiger partial charge on any atom is 0.408 e. The molecule has 0 saturated carbocycles. The average molecular weight is 433 g/mol. The number of hydrogen-bond donors (Lipinski definition) is 2. The van der Waals surface area contributed by atoms with E-state index in [1.54, 1.807) is 20.8 Å². The highest BCUT2D eigenvalue weighted by Gasteiger charge is 2.26. The van der Waals surface area contributed by atoms with E-state index in [1.165, 1.54) is 19.2 Å². The maximum atomic E-state index is 12.7. The van der Waals surface area contributed by atoms with Gasteiger partial charge in [0, 0.05) is 0 Å². The molecule has 0 aliphatic heterocycles. The van der Waals surface area contributed by atoms with Crippen molar-refractivity contribution in [3.05, 3.63) is 27.7 Å². The summed E-state index contributed by atoms with van der Waals surface area (Å²) in [5.41, 5.74) is -0.398. The third kappa shape index (κ3) is 7.56. The molecule has 0 aliphatic carbocycles. The number of amides is 2. The second-order valence-electron chi connectivity index (χ2n) is 7.62. The molecule has 1 atom stereocenters. The van der Waals surface area contributed by atoms with Crippen LogP contribution in [0.25, 0.3) is 0 Å². The molecule has 0 fully saturated rings. The molecule has 1 aromatic rings. The lowest BCUT2D eigenvalue weighted by atomic mass is 10.0. The Morgan fingerprint density at radius 2 is 1.71 bits per heavy atom. The van der Waals surface area contributed by atoms with E-state index in [0.29, 0.717) is 6.42 Å². The molecule has 2 N–H and O–H groups in total. The molecule has 0 heterocycles. The zero-order chi connectivity index (χ0) is 21.6. The summed E-state index contributed by atoms with van der Waals surface area (Å²) >= 11 is 12.2. The summed E-state index contributed by atoms with van der Waals surface area (Å²) in [5, 5.41) is 5.39. The maximum absolute atomic E-state index is 12.7. The first-order valence-corrected chi connectivity index (χ1v) is 9.47. The molecule has 0 aliphatic rings. The first-order valence-electron chi connectivity index (χ1n) is 8.71. The molecule has 0 aromatic heterocycles. The number of halogens is 2. The first kappa shape index (κ1) is 24.0. The van der Waals surface area contributed by atoms with Crippen LogP contribution in [-0.4, -0.2) is 36.7 Å². The van der Waals surface area contributed by atoms with Gasteiger partial charge in [0.1, 0.15) is 11.6 Å². The fourth-order valence-electron chi connectivity index (χ4n) is 2.28. The summed E-state index contributed by atoms with van der Waals surface area (Å²) in [6.07, 6.45) is -0.310. The van der Waals surface area contributed by atoms with E-state index < -0.39 is 29.6 Å². The van der Waals surface area contributed by atoms with Gasteiger partial charge in [-0.15, -0.1) is 0 Å². The molecule has 1 rings (SSSR count). The summed E-state index contributed by atoms with van der Waals surface area (Å²) < 4.78 is 9.85. The third-order valence-corrected chi connectivity index (χ3v) is 4.06. The lowest BCUT2D eigenvalue weighted by molar-refractivity contribution is -0.118. The van der Waals surface area contributed by atoms with Crippen molar-refractivity contribution in [1.82, 2.24) is 5.32 Å². The van der Waals surface area contributed by atoms with Gasteiger partial charge in [-0.1, -0.05) is 37.0 Å². The van der Waals surface area contributed by atoms with Gasteiger partial charge in [-0.25, -0.2) is 9.59 Å². The minimum Gasteiger partial charge on any atom is -0.465 e. The number of esters is 1. The van der Waals surface area contributed by atoms with E-state index in [1.807, 2.05) is 13.8 Å². The number of methoxy groups -OCH3 is 1. The van der Waals surface area contributed by atoms with Crippen molar-refractivity contribution in [2.24, 2.45) is 5.92 Å². The minimum absolute atomic E-state index is 0.0760. The van der Waals surface area contributed by atoms with Crippen LogP contribution in [0, 0.1) is 5.92 Å². The van der Waals surface area contributed by atoms with Crippen LogP contribution in [0.3, 0.4) is 0 Å². The Labute approximate surface area is 175 Å². The Bertz CT molecular complexity index is 745. The van der Waals surface area contributed by atoms with E-state index in [0.717, 1.165) is 0 Å². The number of alkyl carbamates (subject to hydrolysis) is 1. The molecule has 0 spiro atoms. The minimum atomic E-state index is -0.843. The van der Waals surface area contributed by atoms with E-state index in [2.05, 4.69) is 15.4 Å². The number of hydrogen-bond acceptors (Lipinski definition) is 5. The Balaban J connectivity index is 3.00. The molecule has 2 amide bonds. The van der Waals surface area contributed by atoms with Crippen molar-refractivity contribution in [2.75, 3.05) is 12.4 Å². The van der Waals surface area contributed by atoms with Gasteiger partial charge >= 0.3 is 12.1 Å². The molecule has 28 heavy (non-hydrogen) atoms. The molecule has 0 radical (unpaired) electrons. The predicted molar refractivity (Wildman–Crippen MR) is 109 cm³/mol. The lowest BCUT2D eigenvalue weighted by Gasteiger charge is -2.24. The van der Waals surface area contributed by atoms with Gasteiger partial charge in [-0.2, -0.15) is 0 Å². The van der Waals surface area contributed by atoms with Crippen LogP contribution in [0.2, 0.25) is 10.0 Å². The van der Waals surface area contributed by atoms with Crippen LogP contribution in [0.4, 0.5) is 10.5 Å².